The highest BCUT2D eigenvalue weighted by molar-refractivity contribution is 7.08. The lowest BCUT2D eigenvalue weighted by Gasteiger charge is -2.05. The van der Waals surface area contributed by atoms with Crippen molar-refractivity contribution in [2.24, 2.45) is 0 Å². The van der Waals surface area contributed by atoms with Crippen LogP contribution in [0.15, 0.2) is 41.2 Å². The van der Waals surface area contributed by atoms with Crippen LogP contribution in [0.25, 0.3) is 5.65 Å². The van der Waals surface area contributed by atoms with E-state index in [4.69, 9.17) is 0 Å². The van der Waals surface area contributed by atoms with Gasteiger partial charge in [-0.1, -0.05) is 6.07 Å². The number of thiophene rings is 1. The number of aryl methyl sites for hydroxylation is 1. The van der Waals surface area contributed by atoms with Crippen molar-refractivity contribution in [3.63, 3.8) is 0 Å². The van der Waals surface area contributed by atoms with Crippen molar-refractivity contribution < 1.29 is 0 Å². The first-order chi connectivity index (χ1) is 8.34. The fraction of sp³-hybridized carbons (Fsp3) is 0.154. The Labute approximate surface area is 104 Å². The molecule has 0 bridgehead atoms. The minimum absolute atomic E-state index is 0.799. The molecule has 17 heavy (non-hydrogen) atoms. The van der Waals surface area contributed by atoms with E-state index in [-0.39, 0.29) is 0 Å². The molecule has 3 aromatic heterocycles. The van der Waals surface area contributed by atoms with E-state index in [2.05, 4.69) is 44.6 Å². The molecule has 86 valence electrons. The van der Waals surface area contributed by atoms with E-state index in [1.165, 1.54) is 11.4 Å². The molecule has 0 aliphatic rings. The number of rotatable bonds is 3. The molecule has 0 aromatic carbocycles. The average molecular weight is 243 g/mol. The molecule has 0 unspecified atom stereocenters. The Kier molecular flexibility index (Phi) is 2.57. The average Bonchev–Trinajstić information content (AvgIpc) is 2.93. The lowest BCUT2D eigenvalue weighted by atomic mass is 10.3. The predicted molar refractivity (Wildman–Crippen MR) is 71.6 cm³/mol. The molecule has 1 N–H and O–H groups in total. The largest absolute Gasteiger partial charge is 0.379 e. The summed E-state index contributed by atoms with van der Waals surface area (Å²) in [6, 6.07) is 8.16. The van der Waals surface area contributed by atoms with Crippen molar-refractivity contribution in [1.29, 1.82) is 0 Å². The Hall–Kier alpha value is -1.81. The lowest BCUT2D eigenvalue weighted by molar-refractivity contribution is 0.988. The van der Waals surface area contributed by atoms with E-state index in [0.717, 1.165) is 17.9 Å². The zero-order valence-electron chi connectivity index (χ0n) is 9.55. The van der Waals surface area contributed by atoms with Crippen LogP contribution in [0.2, 0.25) is 0 Å². The van der Waals surface area contributed by atoms with Gasteiger partial charge in [-0.25, -0.2) is 4.98 Å². The van der Waals surface area contributed by atoms with Crippen molar-refractivity contribution in [1.82, 2.24) is 9.38 Å². The van der Waals surface area contributed by atoms with Gasteiger partial charge in [-0.3, -0.25) is 0 Å². The Morgan fingerprint density at radius 1 is 1.35 bits per heavy atom. The van der Waals surface area contributed by atoms with Crippen LogP contribution in [0, 0.1) is 6.92 Å². The molecule has 4 heteroatoms. The number of hydrogen-bond donors (Lipinski definition) is 1. The third kappa shape index (κ3) is 1.91. The van der Waals surface area contributed by atoms with Gasteiger partial charge in [0.15, 0.2) is 0 Å². The van der Waals surface area contributed by atoms with Gasteiger partial charge in [0.25, 0.3) is 0 Å². The van der Waals surface area contributed by atoms with Gasteiger partial charge in [-0.15, -0.1) is 0 Å². The molecule has 0 saturated heterocycles. The van der Waals surface area contributed by atoms with E-state index >= 15 is 0 Å². The molecular weight excluding hydrogens is 230 g/mol. The Morgan fingerprint density at radius 3 is 3.12 bits per heavy atom. The summed E-state index contributed by atoms with van der Waals surface area (Å²) in [7, 11) is 0. The smallest absolute Gasteiger partial charge is 0.137 e. The second kappa shape index (κ2) is 4.22. The van der Waals surface area contributed by atoms with Crippen LogP contribution >= 0.6 is 11.3 Å². The van der Waals surface area contributed by atoms with Crippen LogP contribution in [0.4, 0.5) is 5.69 Å². The molecule has 0 aliphatic heterocycles. The van der Waals surface area contributed by atoms with Crippen LogP contribution in [0.3, 0.4) is 0 Å². The first-order valence-electron chi connectivity index (χ1n) is 5.53. The van der Waals surface area contributed by atoms with Crippen molar-refractivity contribution in [2.45, 2.75) is 13.5 Å². The maximum atomic E-state index is 4.54. The summed E-state index contributed by atoms with van der Waals surface area (Å²) in [6.45, 7) is 2.85. The van der Waals surface area contributed by atoms with Gasteiger partial charge >= 0.3 is 0 Å². The lowest BCUT2D eigenvalue weighted by Crippen LogP contribution is -2.03. The summed E-state index contributed by atoms with van der Waals surface area (Å²) in [5.41, 5.74) is 4.47. The molecule has 3 nitrogen and oxygen atoms in total. The van der Waals surface area contributed by atoms with Crippen LogP contribution < -0.4 is 5.32 Å². The van der Waals surface area contributed by atoms with Gasteiger partial charge in [0.2, 0.25) is 0 Å². The van der Waals surface area contributed by atoms with E-state index in [1.54, 1.807) is 11.3 Å². The molecule has 0 fully saturated rings. The highest BCUT2D eigenvalue weighted by Gasteiger charge is 2.07. The Bertz CT molecular complexity index is 625. The monoisotopic (exact) mass is 243 g/mol. The third-order valence-electron chi connectivity index (χ3n) is 2.81. The first-order valence-corrected chi connectivity index (χ1v) is 6.47. The van der Waals surface area contributed by atoms with Gasteiger partial charge in [0, 0.05) is 17.3 Å². The third-order valence-corrected chi connectivity index (χ3v) is 3.49. The van der Waals surface area contributed by atoms with E-state index in [0.29, 0.717) is 0 Å². The zero-order valence-corrected chi connectivity index (χ0v) is 10.4. The summed E-state index contributed by atoms with van der Waals surface area (Å²) in [6.07, 6.45) is 2.06. The molecular formula is C13H13N3S. The fourth-order valence-electron chi connectivity index (χ4n) is 1.93. The number of pyridine rings is 1. The molecule has 3 rings (SSSR count). The maximum absolute atomic E-state index is 4.54. The normalized spacial score (nSPS) is 10.9. The Morgan fingerprint density at radius 2 is 2.29 bits per heavy atom. The molecule has 0 atom stereocenters. The fourth-order valence-corrected chi connectivity index (χ4v) is 2.54. The maximum Gasteiger partial charge on any atom is 0.137 e. The number of aromatic nitrogens is 2. The van der Waals surface area contributed by atoms with Crippen LogP contribution in [-0.2, 0) is 6.54 Å². The number of hydrogen-bond acceptors (Lipinski definition) is 3. The number of nitrogens with zero attached hydrogens (tertiary/aromatic N) is 2. The zero-order chi connectivity index (χ0) is 11.7. The van der Waals surface area contributed by atoms with E-state index in [9.17, 15) is 0 Å². The van der Waals surface area contributed by atoms with Gasteiger partial charge in [-0.2, -0.15) is 11.3 Å². The predicted octanol–water partition coefficient (Wildman–Crippen LogP) is 3.32. The molecule has 0 amide bonds. The molecule has 0 aliphatic carbocycles. The number of nitrogens with one attached hydrogen (secondary N) is 1. The topological polar surface area (TPSA) is 29.3 Å². The van der Waals surface area contributed by atoms with E-state index < -0.39 is 0 Å². The summed E-state index contributed by atoms with van der Waals surface area (Å²) in [4.78, 5) is 4.54. The highest BCUT2D eigenvalue weighted by atomic mass is 32.1. The van der Waals surface area contributed by atoms with Crippen LogP contribution in [0.1, 0.15) is 11.4 Å². The molecule has 0 spiro atoms. The van der Waals surface area contributed by atoms with Gasteiger partial charge in [0.1, 0.15) is 5.65 Å². The molecule has 0 saturated carbocycles. The second-order valence-corrected chi connectivity index (χ2v) is 4.72. The van der Waals surface area contributed by atoms with Gasteiger partial charge < -0.3 is 9.72 Å². The highest BCUT2D eigenvalue weighted by Crippen LogP contribution is 2.16. The minimum atomic E-state index is 0.799. The number of anilines is 1. The van der Waals surface area contributed by atoms with Crippen molar-refractivity contribution in [2.75, 3.05) is 5.32 Å². The quantitative estimate of drug-likeness (QED) is 0.764. The van der Waals surface area contributed by atoms with Crippen LogP contribution in [0.5, 0.6) is 0 Å². The van der Waals surface area contributed by atoms with Crippen molar-refractivity contribution in [3.05, 3.63) is 52.6 Å². The van der Waals surface area contributed by atoms with Crippen molar-refractivity contribution >= 4 is 22.7 Å². The van der Waals surface area contributed by atoms with Crippen LogP contribution in [-0.4, -0.2) is 9.38 Å². The summed E-state index contributed by atoms with van der Waals surface area (Å²) in [5, 5.41) is 7.59. The molecule has 0 radical (unpaired) electrons. The first kappa shape index (κ1) is 10.4. The number of imidazole rings is 1. The Balaban J connectivity index is 1.92. The SMILES string of the molecule is Cc1nc2ccccn2c1CNc1ccsc1. The van der Waals surface area contributed by atoms with E-state index in [1.807, 2.05) is 18.2 Å². The van der Waals surface area contributed by atoms with Gasteiger partial charge in [0.05, 0.1) is 17.9 Å². The summed E-state index contributed by atoms with van der Waals surface area (Å²) < 4.78 is 2.13. The number of fused-ring (bicyclic) bond motifs is 1. The molecule has 3 heterocycles. The van der Waals surface area contributed by atoms with Gasteiger partial charge in [-0.05, 0) is 30.5 Å². The summed E-state index contributed by atoms with van der Waals surface area (Å²) in [5.74, 6) is 0. The second-order valence-electron chi connectivity index (χ2n) is 3.94. The minimum Gasteiger partial charge on any atom is -0.379 e. The molecule has 3 aromatic rings. The van der Waals surface area contributed by atoms with Crippen molar-refractivity contribution in [3.8, 4) is 0 Å². The summed E-state index contributed by atoms with van der Waals surface area (Å²) >= 11 is 1.70. The standard InChI is InChI=1S/C13H13N3S/c1-10-12(8-14-11-5-7-17-9-11)16-6-3-2-4-13(16)15-10/h2-7,9,14H,8H2,1H3.